The number of oxazole rings is 1. The Morgan fingerprint density at radius 3 is 2.39 bits per heavy atom. The van der Waals surface area contributed by atoms with Crippen molar-refractivity contribution in [2.24, 2.45) is 0 Å². The van der Waals surface area contributed by atoms with Crippen LogP contribution in [0.15, 0.2) is 41.0 Å². The lowest BCUT2D eigenvalue weighted by Crippen LogP contribution is -2.45. The minimum absolute atomic E-state index is 0.00247. The first-order valence-corrected chi connectivity index (χ1v) is 11.6. The second-order valence-corrected chi connectivity index (χ2v) is 8.58. The summed E-state index contributed by atoms with van der Waals surface area (Å²) in [5, 5.41) is 0. The highest BCUT2D eigenvalue weighted by Gasteiger charge is 2.31. The number of carbonyl (C=O) groups is 1. The number of rotatable bonds is 8. The average Bonchev–Trinajstić information content (AvgIpc) is 3.47. The Kier molecular flexibility index (Phi) is 7.37. The summed E-state index contributed by atoms with van der Waals surface area (Å²) in [6.45, 7) is 13.7. The summed E-state index contributed by atoms with van der Waals surface area (Å²) in [6.07, 6.45) is 2.57. The van der Waals surface area contributed by atoms with Gasteiger partial charge in [0.2, 0.25) is 5.89 Å². The van der Waals surface area contributed by atoms with Crippen LogP contribution in [0.2, 0.25) is 0 Å². The third-order valence-electron chi connectivity index (χ3n) is 6.62. The summed E-state index contributed by atoms with van der Waals surface area (Å²) in [7, 11) is 0. The molecule has 0 N–H and O–H groups in total. The van der Waals surface area contributed by atoms with E-state index in [4.69, 9.17) is 4.42 Å². The summed E-state index contributed by atoms with van der Waals surface area (Å²) in [5.74, 6) is 0.636. The Balaban J connectivity index is 1.25. The maximum atomic E-state index is 12.9. The number of piperazine rings is 1. The number of hydrogen-bond donors (Lipinski definition) is 0. The highest BCUT2D eigenvalue weighted by atomic mass is 16.3. The molecule has 0 saturated carbocycles. The molecule has 3 heterocycles. The molecule has 168 valence electrons. The van der Waals surface area contributed by atoms with E-state index in [9.17, 15) is 4.79 Å². The third-order valence-corrected chi connectivity index (χ3v) is 6.62. The van der Waals surface area contributed by atoms with E-state index >= 15 is 0 Å². The molecule has 1 amide bonds. The van der Waals surface area contributed by atoms with Crippen LogP contribution in [-0.4, -0.2) is 88.9 Å². The lowest BCUT2D eigenvalue weighted by molar-refractivity contribution is 0.0772. The molecule has 2 aliphatic rings. The molecule has 0 bridgehead atoms. The number of carbonyl (C=O) groups excluding carboxylic acids is 1. The van der Waals surface area contributed by atoms with Gasteiger partial charge in [0.25, 0.3) is 5.91 Å². The van der Waals surface area contributed by atoms with Gasteiger partial charge in [-0.25, -0.2) is 4.98 Å². The van der Waals surface area contributed by atoms with E-state index in [1.165, 1.54) is 11.8 Å². The number of amides is 1. The largest absolute Gasteiger partial charge is 0.447 e. The van der Waals surface area contributed by atoms with Gasteiger partial charge in [-0.1, -0.05) is 44.2 Å². The van der Waals surface area contributed by atoms with Crippen LogP contribution in [0.1, 0.15) is 42.2 Å². The van der Waals surface area contributed by atoms with E-state index in [-0.39, 0.29) is 5.91 Å². The lowest BCUT2D eigenvalue weighted by atomic mass is 10.2. The number of aromatic nitrogens is 1. The number of likely N-dealkylation sites (tertiary alicyclic amines) is 1. The van der Waals surface area contributed by atoms with Gasteiger partial charge in [-0.3, -0.25) is 19.5 Å². The minimum atomic E-state index is -0.00247. The van der Waals surface area contributed by atoms with E-state index < -0.39 is 0 Å². The minimum Gasteiger partial charge on any atom is -0.447 e. The van der Waals surface area contributed by atoms with Crippen LogP contribution in [0.25, 0.3) is 0 Å². The molecule has 2 aliphatic heterocycles. The van der Waals surface area contributed by atoms with Crippen molar-refractivity contribution in [1.82, 2.24) is 24.6 Å². The fourth-order valence-corrected chi connectivity index (χ4v) is 4.75. The highest BCUT2D eigenvalue weighted by Crippen LogP contribution is 2.19. The zero-order chi connectivity index (χ0) is 21.6. The quantitative estimate of drug-likeness (QED) is 0.648. The first kappa shape index (κ1) is 22.0. The summed E-state index contributed by atoms with van der Waals surface area (Å²) in [5.41, 5.74) is 1.80. The molecular weight excluding hydrogens is 390 g/mol. The van der Waals surface area contributed by atoms with Crippen molar-refractivity contribution in [3.63, 3.8) is 0 Å². The molecule has 1 atom stereocenters. The normalized spacial score (nSPS) is 20.6. The molecule has 31 heavy (non-hydrogen) atoms. The smallest absolute Gasteiger partial charge is 0.275 e. The van der Waals surface area contributed by atoms with E-state index in [1.54, 1.807) is 0 Å². The number of likely N-dealkylation sites (N-methyl/N-ethyl adjacent to an activating group) is 1. The molecule has 0 spiro atoms. The molecule has 1 aromatic heterocycles. The molecule has 7 nitrogen and oxygen atoms in total. The summed E-state index contributed by atoms with van der Waals surface area (Å²) >= 11 is 0. The molecule has 2 saturated heterocycles. The van der Waals surface area contributed by atoms with Gasteiger partial charge in [0.05, 0.1) is 6.54 Å². The van der Waals surface area contributed by atoms with Crippen molar-refractivity contribution in [2.45, 2.75) is 39.4 Å². The van der Waals surface area contributed by atoms with Crippen molar-refractivity contribution < 1.29 is 9.21 Å². The fraction of sp³-hybridized carbons (Fsp3) is 0.583. The Morgan fingerprint density at radius 2 is 1.71 bits per heavy atom. The van der Waals surface area contributed by atoms with Crippen LogP contribution in [0.3, 0.4) is 0 Å². The average molecular weight is 426 g/mol. The second-order valence-electron chi connectivity index (χ2n) is 8.58. The summed E-state index contributed by atoms with van der Waals surface area (Å²) in [4.78, 5) is 26.6. The zero-order valence-corrected chi connectivity index (χ0v) is 18.9. The number of benzene rings is 1. The van der Waals surface area contributed by atoms with Gasteiger partial charge in [0, 0.05) is 51.9 Å². The molecule has 4 rings (SSSR count). The van der Waals surface area contributed by atoms with E-state index in [0.717, 1.165) is 65.3 Å². The van der Waals surface area contributed by atoms with Crippen LogP contribution < -0.4 is 0 Å². The second kappa shape index (κ2) is 10.4. The fourth-order valence-electron chi connectivity index (χ4n) is 4.75. The van der Waals surface area contributed by atoms with Crippen molar-refractivity contribution in [3.05, 3.63) is 53.7 Å². The first-order valence-electron chi connectivity index (χ1n) is 11.6. The number of hydrogen-bond acceptors (Lipinski definition) is 6. The van der Waals surface area contributed by atoms with Gasteiger partial charge in [0.15, 0.2) is 5.69 Å². The molecule has 1 aromatic carbocycles. The van der Waals surface area contributed by atoms with Crippen LogP contribution in [-0.2, 0) is 13.1 Å². The van der Waals surface area contributed by atoms with Crippen molar-refractivity contribution >= 4 is 5.91 Å². The Morgan fingerprint density at radius 1 is 1.03 bits per heavy atom. The standard InChI is InChI=1S/C24H35N5O2/c1-3-28(4-2)21-10-11-29(17-21)24(30)22-19-31-23(25-22)18-27-14-12-26(13-15-27)16-20-8-6-5-7-9-20/h5-9,19,21H,3-4,10-18H2,1-2H3/t21-/m1/s1. The number of nitrogens with zero attached hydrogens (tertiary/aromatic N) is 5. The molecule has 2 aromatic rings. The topological polar surface area (TPSA) is 56.1 Å². The predicted molar refractivity (Wildman–Crippen MR) is 121 cm³/mol. The van der Waals surface area contributed by atoms with Gasteiger partial charge in [-0.2, -0.15) is 0 Å². The summed E-state index contributed by atoms with van der Waals surface area (Å²) < 4.78 is 5.66. The molecule has 0 aliphatic carbocycles. The Bertz CT molecular complexity index is 828. The van der Waals surface area contributed by atoms with Crippen LogP contribution in [0.4, 0.5) is 0 Å². The van der Waals surface area contributed by atoms with Gasteiger partial charge >= 0.3 is 0 Å². The maximum absolute atomic E-state index is 12.9. The van der Waals surface area contributed by atoms with Gasteiger partial charge in [-0.15, -0.1) is 0 Å². The van der Waals surface area contributed by atoms with E-state index in [0.29, 0.717) is 24.2 Å². The Hall–Kier alpha value is -2.22. The highest BCUT2D eigenvalue weighted by molar-refractivity contribution is 5.92. The molecule has 2 fully saturated rings. The Labute approximate surface area is 185 Å². The van der Waals surface area contributed by atoms with Gasteiger partial charge < -0.3 is 9.32 Å². The van der Waals surface area contributed by atoms with Crippen molar-refractivity contribution in [2.75, 3.05) is 52.4 Å². The zero-order valence-electron chi connectivity index (χ0n) is 18.9. The van der Waals surface area contributed by atoms with Crippen molar-refractivity contribution in [3.8, 4) is 0 Å². The molecule has 0 unspecified atom stereocenters. The van der Waals surface area contributed by atoms with Crippen LogP contribution in [0, 0.1) is 0 Å². The van der Waals surface area contributed by atoms with Gasteiger partial charge in [0.1, 0.15) is 6.26 Å². The predicted octanol–water partition coefficient (Wildman–Crippen LogP) is 2.55. The SMILES string of the molecule is CCN(CC)[C@@H]1CCN(C(=O)c2coc(CN3CCN(Cc4ccccc4)CC3)n2)C1. The summed E-state index contributed by atoms with van der Waals surface area (Å²) in [6, 6.07) is 11.1. The first-order chi connectivity index (χ1) is 15.2. The van der Waals surface area contributed by atoms with E-state index in [1.807, 2.05) is 4.90 Å². The van der Waals surface area contributed by atoms with Crippen LogP contribution in [0.5, 0.6) is 0 Å². The van der Waals surface area contributed by atoms with Gasteiger partial charge in [-0.05, 0) is 25.1 Å². The lowest BCUT2D eigenvalue weighted by Gasteiger charge is -2.34. The van der Waals surface area contributed by atoms with Crippen molar-refractivity contribution in [1.29, 1.82) is 0 Å². The van der Waals surface area contributed by atoms with Crippen LogP contribution >= 0.6 is 0 Å². The monoisotopic (exact) mass is 425 g/mol. The molecule has 7 heteroatoms. The molecular formula is C24H35N5O2. The third kappa shape index (κ3) is 5.53. The molecule has 0 radical (unpaired) electrons. The van der Waals surface area contributed by atoms with E-state index in [2.05, 4.69) is 63.9 Å². The maximum Gasteiger partial charge on any atom is 0.275 e.